The first-order valence-electron chi connectivity index (χ1n) is 6.96. The van der Waals surface area contributed by atoms with Gasteiger partial charge in [0.15, 0.2) is 5.82 Å². The summed E-state index contributed by atoms with van der Waals surface area (Å²) in [5.41, 5.74) is 7.53. The van der Waals surface area contributed by atoms with Crippen LogP contribution in [0, 0.1) is 6.92 Å². The molecule has 106 valence electrons. The molecule has 2 aromatic rings. The van der Waals surface area contributed by atoms with Crippen molar-refractivity contribution in [2.45, 2.75) is 51.5 Å². The van der Waals surface area contributed by atoms with Crippen LogP contribution in [0.2, 0.25) is 0 Å². The minimum absolute atomic E-state index is 0.262. The second kappa shape index (κ2) is 4.63. The summed E-state index contributed by atoms with van der Waals surface area (Å²) in [6.45, 7) is 6.04. The lowest BCUT2D eigenvalue weighted by atomic mass is 9.77. The summed E-state index contributed by atoms with van der Waals surface area (Å²) < 4.78 is 5.38. The zero-order valence-electron chi connectivity index (χ0n) is 12.1. The molecule has 3 rings (SSSR count). The second-order valence-electron chi connectivity index (χ2n) is 5.80. The Bertz CT molecular complexity index is 630. The molecule has 0 bridgehead atoms. The van der Waals surface area contributed by atoms with Gasteiger partial charge >= 0.3 is 0 Å². The number of aromatic nitrogens is 4. The Hall–Kier alpha value is -1.82. The lowest BCUT2D eigenvalue weighted by molar-refractivity contribution is 0.229. The molecule has 2 aromatic heterocycles. The molecule has 0 amide bonds. The third-order valence-corrected chi connectivity index (χ3v) is 3.83. The minimum atomic E-state index is -0.411. The summed E-state index contributed by atoms with van der Waals surface area (Å²) in [5.74, 6) is 2.05. The van der Waals surface area contributed by atoms with E-state index in [1.165, 1.54) is 0 Å². The van der Waals surface area contributed by atoms with Gasteiger partial charge in [0, 0.05) is 6.20 Å². The van der Waals surface area contributed by atoms with Crippen molar-refractivity contribution >= 4 is 0 Å². The molecule has 6 heteroatoms. The minimum Gasteiger partial charge on any atom is -0.334 e. The molecule has 1 fully saturated rings. The first-order valence-corrected chi connectivity index (χ1v) is 6.96. The van der Waals surface area contributed by atoms with Gasteiger partial charge in [0.05, 0.1) is 16.8 Å². The van der Waals surface area contributed by atoms with Crippen LogP contribution in [0.5, 0.6) is 0 Å². The first kappa shape index (κ1) is 13.2. The third-order valence-electron chi connectivity index (χ3n) is 3.83. The zero-order chi connectivity index (χ0) is 14.3. The van der Waals surface area contributed by atoms with Crippen LogP contribution in [0.25, 0.3) is 11.5 Å². The van der Waals surface area contributed by atoms with Crippen molar-refractivity contribution in [3.63, 3.8) is 0 Å². The Kier molecular flexibility index (Phi) is 3.05. The fraction of sp³-hybridized carbons (Fsp3) is 0.571. The van der Waals surface area contributed by atoms with Gasteiger partial charge in [0.25, 0.3) is 5.89 Å². The van der Waals surface area contributed by atoms with E-state index in [-0.39, 0.29) is 5.92 Å². The SMILES string of the molecule is Cc1ncc(-c2nc(C3(N)CCC3)no2)c(C(C)C)n1. The molecule has 2 heterocycles. The lowest BCUT2D eigenvalue weighted by Gasteiger charge is -2.34. The molecule has 0 atom stereocenters. The van der Waals surface area contributed by atoms with Crippen LogP contribution in [0.3, 0.4) is 0 Å². The highest BCUT2D eigenvalue weighted by atomic mass is 16.5. The summed E-state index contributed by atoms with van der Waals surface area (Å²) in [6.07, 6.45) is 4.69. The normalized spacial score (nSPS) is 17.2. The number of aryl methyl sites for hydroxylation is 1. The molecule has 1 aliphatic carbocycles. The Morgan fingerprint density at radius 1 is 1.30 bits per heavy atom. The number of hydrogen-bond acceptors (Lipinski definition) is 6. The van der Waals surface area contributed by atoms with Gasteiger partial charge in [-0.3, -0.25) is 0 Å². The Labute approximate surface area is 117 Å². The van der Waals surface area contributed by atoms with E-state index in [0.29, 0.717) is 11.7 Å². The van der Waals surface area contributed by atoms with Crippen LogP contribution in [0.15, 0.2) is 10.7 Å². The molecule has 0 aromatic carbocycles. The molecule has 6 nitrogen and oxygen atoms in total. The molecule has 1 saturated carbocycles. The summed E-state index contributed by atoms with van der Waals surface area (Å²) in [4.78, 5) is 13.2. The van der Waals surface area contributed by atoms with E-state index >= 15 is 0 Å². The highest BCUT2D eigenvalue weighted by molar-refractivity contribution is 5.55. The first-order chi connectivity index (χ1) is 9.49. The summed E-state index contributed by atoms with van der Waals surface area (Å²) in [7, 11) is 0. The van der Waals surface area contributed by atoms with Crippen molar-refractivity contribution in [2.24, 2.45) is 5.73 Å². The fourth-order valence-electron chi connectivity index (χ4n) is 2.41. The number of nitrogens with two attached hydrogens (primary N) is 1. The maximum absolute atomic E-state index is 6.22. The van der Waals surface area contributed by atoms with E-state index in [0.717, 1.165) is 36.3 Å². The van der Waals surface area contributed by atoms with Crippen molar-refractivity contribution in [3.05, 3.63) is 23.5 Å². The fourth-order valence-corrected chi connectivity index (χ4v) is 2.41. The predicted octanol–water partition coefficient (Wildman–Crippen LogP) is 2.30. The summed E-state index contributed by atoms with van der Waals surface area (Å²) in [5, 5.41) is 4.04. The van der Waals surface area contributed by atoms with Gasteiger partial charge in [0.2, 0.25) is 0 Å². The third kappa shape index (κ3) is 2.10. The van der Waals surface area contributed by atoms with Crippen molar-refractivity contribution in [1.82, 2.24) is 20.1 Å². The lowest BCUT2D eigenvalue weighted by Crippen LogP contribution is -2.44. The topological polar surface area (TPSA) is 90.7 Å². The van der Waals surface area contributed by atoms with Crippen molar-refractivity contribution in [1.29, 1.82) is 0 Å². The van der Waals surface area contributed by atoms with Gasteiger partial charge in [-0.15, -0.1) is 0 Å². The van der Waals surface area contributed by atoms with E-state index in [9.17, 15) is 0 Å². The van der Waals surface area contributed by atoms with Crippen LogP contribution in [-0.4, -0.2) is 20.1 Å². The van der Waals surface area contributed by atoms with Gasteiger partial charge < -0.3 is 10.3 Å². The van der Waals surface area contributed by atoms with Gasteiger partial charge in [-0.25, -0.2) is 9.97 Å². The van der Waals surface area contributed by atoms with Gasteiger partial charge in [-0.2, -0.15) is 4.98 Å². The molecule has 0 saturated heterocycles. The molecule has 0 unspecified atom stereocenters. The second-order valence-corrected chi connectivity index (χ2v) is 5.80. The largest absolute Gasteiger partial charge is 0.334 e. The Morgan fingerprint density at radius 2 is 2.05 bits per heavy atom. The van der Waals surface area contributed by atoms with E-state index in [1.54, 1.807) is 6.20 Å². The molecule has 20 heavy (non-hydrogen) atoms. The Morgan fingerprint density at radius 3 is 2.65 bits per heavy atom. The smallest absolute Gasteiger partial charge is 0.261 e. The summed E-state index contributed by atoms with van der Waals surface area (Å²) >= 11 is 0. The Balaban J connectivity index is 2.01. The van der Waals surface area contributed by atoms with Gasteiger partial charge in [0.1, 0.15) is 5.82 Å². The highest BCUT2D eigenvalue weighted by Crippen LogP contribution is 2.38. The van der Waals surface area contributed by atoms with E-state index < -0.39 is 5.54 Å². The van der Waals surface area contributed by atoms with E-state index in [4.69, 9.17) is 10.3 Å². The van der Waals surface area contributed by atoms with Crippen LogP contribution in [0.4, 0.5) is 0 Å². The van der Waals surface area contributed by atoms with Crippen molar-refractivity contribution < 1.29 is 4.52 Å². The molecular weight excluding hydrogens is 254 g/mol. The number of nitrogens with zero attached hydrogens (tertiary/aromatic N) is 4. The van der Waals surface area contributed by atoms with Crippen LogP contribution < -0.4 is 5.73 Å². The predicted molar refractivity (Wildman–Crippen MR) is 73.9 cm³/mol. The highest BCUT2D eigenvalue weighted by Gasteiger charge is 2.39. The maximum Gasteiger partial charge on any atom is 0.261 e. The molecule has 0 radical (unpaired) electrons. The number of hydrogen-bond donors (Lipinski definition) is 1. The van der Waals surface area contributed by atoms with E-state index in [1.807, 2.05) is 6.92 Å². The quantitative estimate of drug-likeness (QED) is 0.922. The average molecular weight is 273 g/mol. The standard InChI is InChI=1S/C14H19N5O/c1-8(2)11-10(7-16-9(3)17-11)12-18-13(19-20-12)14(15)5-4-6-14/h7-8H,4-6,15H2,1-3H3. The maximum atomic E-state index is 6.22. The average Bonchev–Trinajstić information content (AvgIpc) is 2.85. The van der Waals surface area contributed by atoms with Crippen LogP contribution in [0.1, 0.15) is 56.4 Å². The van der Waals surface area contributed by atoms with Gasteiger partial charge in [-0.1, -0.05) is 19.0 Å². The van der Waals surface area contributed by atoms with Gasteiger partial charge in [-0.05, 0) is 32.1 Å². The molecular formula is C14H19N5O. The molecule has 1 aliphatic rings. The van der Waals surface area contributed by atoms with E-state index in [2.05, 4.69) is 34.0 Å². The molecule has 2 N–H and O–H groups in total. The van der Waals surface area contributed by atoms with Crippen molar-refractivity contribution in [3.8, 4) is 11.5 Å². The molecule has 0 spiro atoms. The molecule has 0 aliphatic heterocycles. The number of rotatable bonds is 3. The summed E-state index contributed by atoms with van der Waals surface area (Å²) in [6, 6.07) is 0. The monoisotopic (exact) mass is 273 g/mol. The zero-order valence-corrected chi connectivity index (χ0v) is 12.1. The van der Waals surface area contributed by atoms with Crippen LogP contribution in [-0.2, 0) is 5.54 Å². The van der Waals surface area contributed by atoms with Crippen molar-refractivity contribution in [2.75, 3.05) is 0 Å². The van der Waals surface area contributed by atoms with Crippen LogP contribution >= 0.6 is 0 Å².